The first kappa shape index (κ1) is 17.4. The lowest BCUT2D eigenvalue weighted by atomic mass is 10.2. The van der Waals surface area contributed by atoms with E-state index in [-0.39, 0.29) is 16.5 Å². The molecule has 0 spiro atoms. The van der Waals surface area contributed by atoms with Crippen molar-refractivity contribution in [3.8, 4) is 11.5 Å². The third-order valence-electron chi connectivity index (χ3n) is 3.06. The van der Waals surface area contributed by atoms with Crippen molar-refractivity contribution >= 4 is 34.4 Å². The Morgan fingerprint density at radius 2 is 1.83 bits per heavy atom. The molecule has 2 aromatic carbocycles. The van der Waals surface area contributed by atoms with Crippen molar-refractivity contribution in [2.24, 2.45) is 0 Å². The Morgan fingerprint density at radius 3 is 2.46 bits per heavy atom. The minimum Gasteiger partial charge on any atom is -0.497 e. The molecule has 2 rings (SSSR count). The summed E-state index contributed by atoms with van der Waals surface area (Å²) < 4.78 is 24.1. The molecule has 0 heterocycles. The van der Waals surface area contributed by atoms with Crippen LogP contribution in [0.4, 0.5) is 21.5 Å². The predicted octanol–water partition coefficient (Wildman–Crippen LogP) is 3.56. The van der Waals surface area contributed by atoms with Gasteiger partial charge < -0.3 is 20.1 Å². The predicted molar refractivity (Wildman–Crippen MR) is 92.4 cm³/mol. The number of benzene rings is 2. The van der Waals surface area contributed by atoms with Gasteiger partial charge in [0.2, 0.25) is 0 Å². The highest BCUT2D eigenvalue weighted by Crippen LogP contribution is 2.29. The molecule has 2 aromatic rings. The fourth-order valence-electron chi connectivity index (χ4n) is 1.91. The summed E-state index contributed by atoms with van der Waals surface area (Å²) in [5.74, 6) is 0.407. The maximum absolute atomic E-state index is 13.8. The smallest absolute Gasteiger partial charge is 0.271 e. The van der Waals surface area contributed by atoms with E-state index >= 15 is 0 Å². The van der Waals surface area contributed by atoms with Crippen LogP contribution in [0.5, 0.6) is 11.5 Å². The van der Waals surface area contributed by atoms with Gasteiger partial charge in [0.25, 0.3) is 5.69 Å². The monoisotopic (exact) mass is 351 g/mol. The van der Waals surface area contributed by atoms with Gasteiger partial charge in [-0.15, -0.1) is 0 Å². The van der Waals surface area contributed by atoms with Crippen LogP contribution in [0.15, 0.2) is 36.4 Å². The molecule has 0 aliphatic heterocycles. The van der Waals surface area contributed by atoms with E-state index in [1.807, 2.05) is 0 Å². The highest BCUT2D eigenvalue weighted by Gasteiger charge is 2.13. The third kappa shape index (κ3) is 4.07. The van der Waals surface area contributed by atoms with Gasteiger partial charge in [-0.3, -0.25) is 10.1 Å². The number of nitro groups is 1. The van der Waals surface area contributed by atoms with E-state index in [1.54, 1.807) is 18.2 Å². The number of nitro benzene ring substituents is 1. The molecule has 0 bridgehead atoms. The molecular weight excluding hydrogens is 337 g/mol. The van der Waals surface area contributed by atoms with Gasteiger partial charge in [0.1, 0.15) is 17.3 Å². The van der Waals surface area contributed by atoms with Gasteiger partial charge in [-0.2, -0.15) is 0 Å². The fourth-order valence-corrected chi connectivity index (χ4v) is 2.13. The molecule has 0 unspecified atom stereocenters. The van der Waals surface area contributed by atoms with Gasteiger partial charge in [-0.25, -0.2) is 4.39 Å². The average molecular weight is 351 g/mol. The van der Waals surface area contributed by atoms with Gasteiger partial charge in [-0.1, -0.05) is 0 Å². The minimum absolute atomic E-state index is 0.0425. The van der Waals surface area contributed by atoms with Gasteiger partial charge in [0.15, 0.2) is 5.11 Å². The minimum atomic E-state index is -0.664. The first-order valence-corrected chi connectivity index (χ1v) is 7.09. The second-order valence-corrected chi connectivity index (χ2v) is 4.97. The Bertz CT molecular complexity index is 785. The second-order valence-electron chi connectivity index (χ2n) is 4.57. The first-order valence-electron chi connectivity index (χ1n) is 6.68. The van der Waals surface area contributed by atoms with E-state index in [9.17, 15) is 14.5 Å². The average Bonchev–Trinajstić information content (AvgIpc) is 2.56. The van der Waals surface area contributed by atoms with Crippen LogP contribution < -0.4 is 20.1 Å². The van der Waals surface area contributed by atoms with Crippen LogP contribution in [0.25, 0.3) is 0 Å². The molecule has 126 valence electrons. The van der Waals surface area contributed by atoms with Crippen LogP contribution in [-0.4, -0.2) is 24.3 Å². The standard InChI is InChI=1S/C15H14FN3O4S/c1-22-10-4-6-14(23-2)13(8-10)18-15(24)17-12-7-9(19(20)21)3-5-11(12)16/h3-8H,1-2H3,(H2,17,18,24). The Morgan fingerprint density at radius 1 is 1.12 bits per heavy atom. The van der Waals surface area contributed by atoms with Gasteiger partial charge >= 0.3 is 0 Å². The summed E-state index contributed by atoms with van der Waals surface area (Å²) in [4.78, 5) is 10.2. The van der Waals surface area contributed by atoms with Crippen molar-refractivity contribution in [3.05, 3.63) is 52.3 Å². The van der Waals surface area contributed by atoms with Crippen LogP contribution in [0, 0.1) is 15.9 Å². The maximum atomic E-state index is 13.8. The van der Waals surface area contributed by atoms with Crippen LogP contribution in [-0.2, 0) is 0 Å². The summed E-state index contributed by atoms with van der Waals surface area (Å²) in [7, 11) is 3.00. The summed E-state index contributed by atoms with van der Waals surface area (Å²) in [6.07, 6.45) is 0. The van der Waals surface area contributed by atoms with Gasteiger partial charge in [-0.05, 0) is 30.4 Å². The lowest BCUT2D eigenvalue weighted by Gasteiger charge is -2.14. The molecule has 0 aliphatic carbocycles. The number of ether oxygens (including phenoxy) is 2. The molecule has 0 aliphatic rings. The van der Waals surface area contributed by atoms with E-state index in [0.717, 1.165) is 18.2 Å². The molecule has 0 saturated carbocycles. The molecule has 0 fully saturated rings. The van der Waals surface area contributed by atoms with Crippen LogP contribution in [0.2, 0.25) is 0 Å². The lowest BCUT2D eigenvalue weighted by Crippen LogP contribution is -2.20. The van der Waals surface area contributed by atoms with Crippen LogP contribution in [0.1, 0.15) is 0 Å². The van der Waals surface area contributed by atoms with Crippen molar-refractivity contribution in [2.45, 2.75) is 0 Å². The number of halogens is 1. The largest absolute Gasteiger partial charge is 0.497 e. The number of thiocarbonyl (C=S) groups is 1. The third-order valence-corrected chi connectivity index (χ3v) is 3.27. The zero-order valence-corrected chi connectivity index (χ0v) is 13.6. The highest BCUT2D eigenvalue weighted by atomic mass is 32.1. The normalized spacial score (nSPS) is 9.96. The SMILES string of the molecule is COc1ccc(OC)c(NC(=S)Nc2cc([N+](=O)[O-])ccc2F)c1. The number of non-ortho nitro benzene ring substituents is 1. The molecule has 0 aromatic heterocycles. The van der Waals surface area contributed by atoms with E-state index in [1.165, 1.54) is 14.2 Å². The number of anilines is 2. The molecule has 9 heteroatoms. The lowest BCUT2D eigenvalue weighted by molar-refractivity contribution is -0.384. The number of methoxy groups -OCH3 is 2. The van der Waals surface area contributed by atoms with E-state index in [4.69, 9.17) is 21.7 Å². The topological polar surface area (TPSA) is 85.7 Å². The molecular formula is C15H14FN3O4S. The van der Waals surface area contributed by atoms with Crippen LogP contribution >= 0.6 is 12.2 Å². The quantitative estimate of drug-likeness (QED) is 0.484. The van der Waals surface area contributed by atoms with E-state index in [2.05, 4.69) is 10.6 Å². The van der Waals surface area contributed by atoms with Crippen molar-refractivity contribution in [1.82, 2.24) is 0 Å². The molecule has 0 radical (unpaired) electrons. The van der Waals surface area contributed by atoms with Crippen LogP contribution in [0.3, 0.4) is 0 Å². The second kappa shape index (κ2) is 7.55. The van der Waals surface area contributed by atoms with E-state index < -0.39 is 10.7 Å². The number of hydrogen-bond acceptors (Lipinski definition) is 5. The summed E-state index contributed by atoms with van der Waals surface area (Å²) >= 11 is 5.12. The Labute approximate surface area is 142 Å². The first-order chi connectivity index (χ1) is 11.4. The fraction of sp³-hybridized carbons (Fsp3) is 0.133. The van der Waals surface area contributed by atoms with Crippen molar-refractivity contribution in [3.63, 3.8) is 0 Å². The van der Waals surface area contributed by atoms with E-state index in [0.29, 0.717) is 17.2 Å². The summed E-state index contributed by atoms with van der Waals surface area (Å²) in [5.41, 5.74) is 0.143. The number of nitrogens with zero attached hydrogens (tertiary/aromatic N) is 1. The van der Waals surface area contributed by atoms with Gasteiger partial charge in [0, 0.05) is 18.2 Å². The summed E-state index contributed by atoms with van der Waals surface area (Å²) in [6, 6.07) is 8.17. The number of rotatable bonds is 5. The molecule has 0 amide bonds. The Balaban J connectivity index is 2.20. The molecule has 0 atom stereocenters. The highest BCUT2D eigenvalue weighted by molar-refractivity contribution is 7.80. The summed E-state index contributed by atoms with van der Waals surface area (Å²) in [6.45, 7) is 0. The number of nitrogens with one attached hydrogen (secondary N) is 2. The van der Waals surface area contributed by atoms with Gasteiger partial charge in [0.05, 0.1) is 30.5 Å². The zero-order valence-electron chi connectivity index (χ0n) is 12.8. The maximum Gasteiger partial charge on any atom is 0.271 e. The zero-order chi connectivity index (χ0) is 17.7. The Hall–Kier alpha value is -2.94. The van der Waals surface area contributed by atoms with Crippen molar-refractivity contribution in [1.29, 1.82) is 0 Å². The van der Waals surface area contributed by atoms with Crippen molar-refractivity contribution < 1.29 is 18.8 Å². The summed E-state index contributed by atoms with van der Waals surface area (Å²) in [5, 5.41) is 16.2. The molecule has 0 saturated heterocycles. The molecule has 2 N–H and O–H groups in total. The molecule has 24 heavy (non-hydrogen) atoms. The number of hydrogen-bond donors (Lipinski definition) is 2. The molecule has 7 nitrogen and oxygen atoms in total. The van der Waals surface area contributed by atoms with Crippen molar-refractivity contribution in [2.75, 3.05) is 24.9 Å². The Kier molecular flexibility index (Phi) is 5.48.